The van der Waals surface area contributed by atoms with Crippen molar-refractivity contribution in [2.75, 3.05) is 13.1 Å². The summed E-state index contributed by atoms with van der Waals surface area (Å²) in [7, 11) is 0. The van der Waals surface area contributed by atoms with Crippen LogP contribution in [0.25, 0.3) is 0 Å². The largest absolute Gasteiger partial charge is 0.489 e. The third kappa shape index (κ3) is 5.52. The molecule has 1 N–H and O–H groups in total. The molecular formula is C13H20BrNO. The average molecular weight is 286 g/mol. The monoisotopic (exact) mass is 285 g/mol. The molecule has 0 radical (unpaired) electrons. The summed E-state index contributed by atoms with van der Waals surface area (Å²) in [5, 5.41) is 3.38. The first-order chi connectivity index (χ1) is 7.58. The number of halogens is 1. The lowest BCUT2D eigenvalue weighted by Crippen LogP contribution is -2.31. The van der Waals surface area contributed by atoms with E-state index in [4.69, 9.17) is 4.74 Å². The van der Waals surface area contributed by atoms with Gasteiger partial charge in [0.1, 0.15) is 11.9 Å². The molecule has 3 heteroatoms. The van der Waals surface area contributed by atoms with E-state index in [1.165, 1.54) is 0 Å². The van der Waals surface area contributed by atoms with Gasteiger partial charge in [0.05, 0.1) is 0 Å². The predicted octanol–water partition coefficient (Wildman–Crippen LogP) is 3.46. The van der Waals surface area contributed by atoms with E-state index >= 15 is 0 Å². The molecule has 0 spiro atoms. The summed E-state index contributed by atoms with van der Waals surface area (Å²) in [6.07, 6.45) is 0.194. The summed E-state index contributed by atoms with van der Waals surface area (Å²) in [6.45, 7) is 8.40. The molecule has 1 aromatic carbocycles. The standard InChI is InChI=1S/C13H20BrNO/c1-10(2)8-15-9-11(3)16-13-6-4-12(14)5-7-13/h4-7,10-11,15H,8-9H2,1-3H3. The molecule has 16 heavy (non-hydrogen) atoms. The van der Waals surface area contributed by atoms with E-state index in [1.807, 2.05) is 24.3 Å². The lowest BCUT2D eigenvalue weighted by Gasteiger charge is -2.16. The number of nitrogens with one attached hydrogen (secondary N) is 1. The van der Waals surface area contributed by atoms with Crippen molar-refractivity contribution in [2.45, 2.75) is 26.9 Å². The fourth-order valence-electron chi connectivity index (χ4n) is 1.36. The topological polar surface area (TPSA) is 21.3 Å². The molecule has 0 amide bonds. The summed E-state index contributed by atoms with van der Waals surface area (Å²) in [5.74, 6) is 1.60. The highest BCUT2D eigenvalue weighted by atomic mass is 79.9. The van der Waals surface area contributed by atoms with Crippen LogP contribution in [-0.4, -0.2) is 19.2 Å². The lowest BCUT2D eigenvalue weighted by atomic mass is 10.2. The maximum absolute atomic E-state index is 5.77. The minimum absolute atomic E-state index is 0.194. The van der Waals surface area contributed by atoms with Gasteiger partial charge in [0, 0.05) is 11.0 Å². The molecule has 90 valence electrons. The Morgan fingerprint density at radius 1 is 1.12 bits per heavy atom. The average Bonchev–Trinajstić information content (AvgIpc) is 2.21. The Balaban J connectivity index is 2.28. The normalized spacial score (nSPS) is 12.8. The van der Waals surface area contributed by atoms with Gasteiger partial charge in [0.2, 0.25) is 0 Å². The zero-order chi connectivity index (χ0) is 12.0. The van der Waals surface area contributed by atoms with Crippen LogP contribution in [-0.2, 0) is 0 Å². The van der Waals surface area contributed by atoms with Crippen molar-refractivity contribution in [2.24, 2.45) is 5.92 Å². The second-order valence-electron chi connectivity index (χ2n) is 4.43. The molecule has 0 saturated carbocycles. The molecule has 0 saturated heterocycles. The summed E-state index contributed by atoms with van der Waals surface area (Å²) in [5.41, 5.74) is 0. The van der Waals surface area contributed by atoms with Crippen LogP contribution in [0.2, 0.25) is 0 Å². The third-order valence-corrected chi connectivity index (χ3v) is 2.66. The SMILES string of the molecule is CC(C)CNCC(C)Oc1ccc(Br)cc1. The molecule has 0 heterocycles. The van der Waals surface area contributed by atoms with Gasteiger partial charge in [0.25, 0.3) is 0 Å². The van der Waals surface area contributed by atoms with Crippen molar-refractivity contribution in [3.63, 3.8) is 0 Å². The number of benzene rings is 1. The quantitative estimate of drug-likeness (QED) is 0.864. The Kier molecular flexibility index (Phi) is 5.85. The second-order valence-corrected chi connectivity index (χ2v) is 5.35. The predicted molar refractivity (Wildman–Crippen MR) is 71.9 cm³/mol. The highest BCUT2D eigenvalue weighted by molar-refractivity contribution is 9.10. The van der Waals surface area contributed by atoms with Crippen LogP contribution in [0.3, 0.4) is 0 Å². The van der Waals surface area contributed by atoms with Gasteiger partial charge in [-0.3, -0.25) is 0 Å². The van der Waals surface area contributed by atoms with E-state index in [9.17, 15) is 0 Å². The van der Waals surface area contributed by atoms with Gasteiger partial charge in [-0.15, -0.1) is 0 Å². The van der Waals surface area contributed by atoms with Gasteiger partial charge in [-0.2, -0.15) is 0 Å². The molecule has 1 unspecified atom stereocenters. The van der Waals surface area contributed by atoms with Crippen LogP contribution in [0, 0.1) is 5.92 Å². The highest BCUT2D eigenvalue weighted by Gasteiger charge is 2.03. The lowest BCUT2D eigenvalue weighted by molar-refractivity contribution is 0.215. The molecule has 1 aromatic rings. The van der Waals surface area contributed by atoms with E-state index in [0.717, 1.165) is 23.3 Å². The number of hydrogen-bond donors (Lipinski definition) is 1. The maximum atomic E-state index is 5.77. The molecule has 1 rings (SSSR count). The molecule has 0 aliphatic carbocycles. The smallest absolute Gasteiger partial charge is 0.119 e. The van der Waals surface area contributed by atoms with E-state index in [1.54, 1.807) is 0 Å². The molecule has 0 fully saturated rings. The first-order valence-corrected chi connectivity index (χ1v) is 6.50. The van der Waals surface area contributed by atoms with Crippen molar-refractivity contribution >= 4 is 15.9 Å². The molecular weight excluding hydrogens is 266 g/mol. The molecule has 2 nitrogen and oxygen atoms in total. The summed E-state index contributed by atoms with van der Waals surface area (Å²) >= 11 is 3.40. The van der Waals surface area contributed by atoms with E-state index in [-0.39, 0.29) is 6.10 Å². The molecule has 1 atom stereocenters. The van der Waals surface area contributed by atoms with Gasteiger partial charge in [-0.05, 0) is 43.7 Å². The molecule has 0 bridgehead atoms. The number of rotatable bonds is 6. The van der Waals surface area contributed by atoms with Crippen molar-refractivity contribution in [1.29, 1.82) is 0 Å². The van der Waals surface area contributed by atoms with E-state index in [2.05, 4.69) is 42.0 Å². The Labute approximate surface area is 107 Å². The first-order valence-electron chi connectivity index (χ1n) is 5.71. The molecule has 0 aliphatic heterocycles. The zero-order valence-corrected chi connectivity index (χ0v) is 11.8. The number of hydrogen-bond acceptors (Lipinski definition) is 2. The minimum atomic E-state index is 0.194. The Morgan fingerprint density at radius 3 is 2.31 bits per heavy atom. The molecule has 0 aromatic heterocycles. The van der Waals surface area contributed by atoms with Crippen LogP contribution >= 0.6 is 15.9 Å². The zero-order valence-electron chi connectivity index (χ0n) is 10.2. The third-order valence-electron chi connectivity index (χ3n) is 2.14. The van der Waals surface area contributed by atoms with Gasteiger partial charge in [-0.1, -0.05) is 29.8 Å². The second kappa shape index (κ2) is 6.92. The Hall–Kier alpha value is -0.540. The Morgan fingerprint density at radius 2 is 1.75 bits per heavy atom. The van der Waals surface area contributed by atoms with Crippen molar-refractivity contribution in [3.8, 4) is 5.75 Å². The summed E-state index contributed by atoms with van der Waals surface area (Å²) < 4.78 is 6.84. The van der Waals surface area contributed by atoms with Crippen LogP contribution in [0.5, 0.6) is 5.75 Å². The van der Waals surface area contributed by atoms with Crippen LogP contribution in [0.1, 0.15) is 20.8 Å². The van der Waals surface area contributed by atoms with Crippen LogP contribution < -0.4 is 10.1 Å². The number of ether oxygens (including phenoxy) is 1. The summed E-state index contributed by atoms with van der Waals surface area (Å²) in [6, 6.07) is 7.93. The van der Waals surface area contributed by atoms with Crippen LogP contribution in [0.4, 0.5) is 0 Å². The van der Waals surface area contributed by atoms with Gasteiger partial charge in [-0.25, -0.2) is 0 Å². The molecule has 0 aliphatic rings. The van der Waals surface area contributed by atoms with Gasteiger partial charge in [0.15, 0.2) is 0 Å². The van der Waals surface area contributed by atoms with E-state index in [0.29, 0.717) is 5.92 Å². The Bertz CT molecular complexity index is 297. The summed E-state index contributed by atoms with van der Waals surface area (Å²) in [4.78, 5) is 0. The van der Waals surface area contributed by atoms with Crippen LogP contribution in [0.15, 0.2) is 28.7 Å². The maximum Gasteiger partial charge on any atom is 0.119 e. The first kappa shape index (κ1) is 13.5. The van der Waals surface area contributed by atoms with Crippen molar-refractivity contribution < 1.29 is 4.74 Å². The minimum Gasteiger partial charge on any atom is -0.489 e. The van der Waals surface area contributed by atoms with Gasteiger partial charge >= 0.3 is 0 Å². The highest BCUT2D eigenvalue weighted by Crippen LogP contribution is 2.17. The van der Waals surface area contributed by atoms with Crippen molar-refractivity contribution in [3.05, 3.63) is 28.7 Å². The van der Waals surface area contributed by atoms with Crippen molar-refractivity contribution in [1.82, 2.24) is 5.32 Å². The van der Waals surface area contributed by atoms with Gasteiger partial charge < -0.3 is 10.1 Å². The fraction of sp³-hybridized carbons (Fsp3) is 0.538. The van der Waals surface area contributed by atoms with E-state index < -0.39 is 0 Å². The fourth-order valence-corrected chi connectivity index (χ4v) is 1.63.